The first-order valence-corrected chi connectivity index (χ1v) is 16.3. The lowest BCUT2D eigenvalue weighted by molar-refractivity contribution is 0.120. The third kappa shape index (κ3) is 8.42. The van der Waals surface area contributed by atoms with E-state index in [2.05, 4.69) is 98.7 Å². The van der Waals surface area contributed by atoms with Gasteiger partial charge in [0.25, 0.3) is 0 Å². The molecule has 0 heterocycles. The lowest BCUT2D eigenvalue weighted by Gasteiger charge is -2.39. The lowest BCUT2D eigenvalue weighted by Crippen LogP contribution is -2.30. The Morgan fingerprint density at radius 3 is 1.64 bits per heavy atom. The quantitative estimate of drug-likeness (QED) is 0.155. The number of hydrogen-bond acceptors (Lipinski definition) is 6. The van der Waals surface area contributed by atoms with Crippen molar-refractivity contribution in [1.29, 1.82) is 0 Å². The molecule has 0 aromatic heterocycles. The zero-order valence-electron chi connectivity index (χ0n) is 29.1. The molecule has 0 saturated heterocycles. The Hall–Kier alpha value is -4.58. The molecule has 1 saturated carbocycles. The lowest BCUT2D eigenvalue weighted by atomic mass is 9.65. The standard InChI is InChI=1S/C23H28O3.C18H20O3/c1-16-8-9-19(14-17(16)2)23(12-6-5-7-13-23)20-10-11-21(18(3)15-20)26-22(24)25-4;1-13-5-7-14(8-6-13)18(2,3)15-9-11-16(12-10-15)21-17(19)20-4/h8-11,14-15H,5-7,12-13H2,1-4H3;5-12H,1-4H3. The molecule has 0 atom stereocenters. The van der Waals surface area contributed by atoms with Crippen LogP contribution in [0.5, 0.6) is 11.5 Å². The first-order valence-electron chi connectivity index (χ1n) is 16.3. The predicted molar refractivity (Wildman–Crippen MR) is 187 cm³/mol. The van der Waals surface area contributed by atoms with E-state index in [1.165, 1.54) is 66.9 Å². The first-order chi connectivity index (χ1) is 22.4. The highest BCUT2D eigenvalue weighted by Crippen LogP contribution is 2.46. The SMILES string of the molecule is COC(=O)Oc1ccc(C(C)(C)c2ccc(C)cc2)cc1.COC(=O)Oc1ccc(C2(c3ccc(C)c(C)c3)CCCCC2)cc1C. The highest BCUT2D eigenvalue weighted by molar-refractivity contribution is 5.65. The molecule has 1 aliphatic rings. The molecule has 0 bridgehead atoms. The minimum Gasteiger partial charge on any atom is -0.437 e. The van der Waals surface area contributed by atoms with Crippen LogP contribution in [0.1, 0.15) is 90.5 Å². The molecule has 6 heteroatoms. The van der Waals surface area contributed by atoms with Gasteiger partial charge in [0.05, 0.1) is 14.2 Å². The van der Waals surface area contributed by atoms with E-state index in [0.29, 0.717) is 11.5 Å². The van der Waals surface area contributed by atoms with Crippen molar-refractivity contribution in [2.75, 3.05) is 14.2 Å². The number of carbonyl (C=O) groups excluding carboxylic acids is 2. The molecule has 0 aliphatic heterocycles. The number of hydrogen-bond donors (Lipinski definition) is 0. The smallest absolute Gasteiger partial charge is 0.437 e. The fourth-order valence-corrected chi connectivity index (χ4v) is 6.35. The van der Waals surface area contributed by atoms with Crippen molar-refractivity contribution in [2.24, 2.45) is 0 Å². The third-order valence-corrected chi connectivity index (χ3v) is 9.57. The van der Waals surface area contributed by atoms with Gasteiger partial charge < -0.3 is 18.9 Å². The second kappa shape index (κ2) is 15.3. The van der Waals surface area contributed by atoms with E-state index >= 15 is 0 Å². The van der Waals surface area contributed by atoms with Crippen LogP contribution in [0.25, 0.3) is 0 Å². The molecule has 0 unspecified atom stereocenters. The van der Waals surface area contributed by atoms with Crippen molar-refractivity contribution >= 4 is 12.3 Å². The summed E-state index contributed by atoms with van der Waals surface area (Å²) in [6.07, 6.45) is 4.72. The van der Waals surface area contributed by atoms with E-state index in [4.69, 9.17) is 9.47 Å². The van der Waals surface area contributed by atoms with Crippen LogP contribution in [0.3, 0.4) is 0 Å². The van der Waals surface area contributed by atoms with Crippen LogP contribution in [0, 0.1) is 27.7 Å². The molecule has 1 aliphatic carbocycles. The number of benzene rings is 4. The topological polar surface area (TPSA) is 71.1 Å². The minimum absolute atomic E-state index is 0.0469. The molecule has 5 rings (SSSR count). The maximum Gasteiger partial charge on any atom is 0.513 e. The van der Waals surface area contributed by atoms with Gasteiger partial charge in [-0.05, 0) is 97.7 Å². The van der Waals surface area contributed by atoms with Crippen LogP contribution in [0.4, 0.5) is 9.59 Å². The molecule has 0 N–H and O–H groups in total. The highest BCUT2D eigenvalue weighted by Gasteiger charge is 2.36. The van der Waals surface area contributed by atoms with Crippen molar-refractivity contribution in [3.63, 3.8) is 0 Å². The zero-order chi connectivity index (χ0) is 34.2. The molecule has 1 fully saturated rings. The summed E-state index contributed by atoms with van der Waals surface area (Å²) in [7, 11) is 2.61. The van der Waals surface area contributed by atoms with Crippen molar-refractivity contribution in [2.45, 2.75) is 84.5 Å². The Kier molecular flexibility index (Phi) is 11.5. The Morgan fingerprint density at radius 2 is 1.11 bits per heavy atom. The zero-order valence-corrected chi connectivity index (χ0v) is 29.1. The van der Waals surface area contributed by atoms with E-state index in [1.807, 2.05) is 25.1 Å². The fourth-order valence-electron chi connectivity index (χ4n) is 6.35. The summed E-state index contributed by atoms with van der Waals surface area (Å²) in [5, 5.41) is 0. The number of ether oxygens (including phenoxy) is 4. The Morgan fingerprint density at radius 1 is 0.596 bits per heavy atom. The largest absolute Gasteiger partial charge is 0.513 e. The Balaban J connectivity index is 0.000000218. The molecule has 0 radical (unpaired) electrons. The van der Waals surface area contributed by atoms with Gasteiger partial charge in [0.15, 0.2) is 0 Å². The maximum absolute atomic E-state index is 11.4. The average Bonchev–Trinajstić information content (AvgIpc) is 3.07. The molecule has 4 aromatic rings. The first kappa shape index (κ1) is 35.3. The van der Waals surface area contributed by atoms with Gasteiger partial charge in [0.2, 0.25) is 0 Å². The summed E-state index contributed by atoms with van der Waals surface area (Å²) in [4.78, 5) is 22.5. The van der Waals surface area contributed by atoms with Crippen LogP contribution < -0.4 is 9.47 Å². The average molecular weight is 637 g/mol. The highest BCUT2D eigenvalue weighted by atomic mass is 16.7. The summed E-state index contributed by atoms with van der Waals surface area (Å²) in [6.45, 7) is 12.8. The van der Waals surface area contributed by atoms with E-state index in [1.54, 1.807) is 12.1 Å². The molecule has 248 valence electrons. The van der Waals surface area contributed by atoms with Crippen LogP contribution in [0.15, 0.2) is 84.9 Å². The summed E-state index contributed by atoms with van der Waals surface area (Å²) in [5.41, 5.74) is 9.93. The van der Waals surface area contributed by atoms with Crippen molar-refractivity contribution in [3.8, 4) is 11.5 Å². The molecular formula is C41H48O6. The Bertz CT molecular complexity index is 1660. The van der Waals surface area contributed by atoms with Crippen LogP contribution in [-0.4, -0.2) is 26.5 Å². The van der Waals surface area contributed by atoms with Crippen molar-refractivity contribution in [1.82, 2.24) is 0 Å². The van der Waals surface area contributed by atoms with Gasteiger partial charge in [-0.25, -0.2) is 9.59 Å². The number of rotatable bonds is 6. The summed E-state index contributed by atoms with van der Waals surface area (Å²) < 4.78 is 19.3. The molecule has 0 spiro atoms. The molecular weight excluding hydrogens is 588 g/mol. The second-order valence-corrected chi connectivity index (χ2v) is 13.0. The van der Waals surface area contributed by atoms with Crippen molar-refractivity contribution in [3.05, 3.63) is 129 Å². The van der Waals surface area contributed by atoms with Gasteiger partial charge in [-0.1, -0.05) is 105 Å². The van der Waals surface area contributed by atoms with Crippen LogP contribution in [0.2, 0.25) is 0 Å². The molecule has 6 nitrogen and oxygen atoms in total. The summed E-state index contributed by atoms with van der Waals surface area (Å²) in [6, 6.07) is 29.1. The van der Waals surface area contributed by atoms with Crippen molar-refractivity contribution < 1.29 is 28.5 Å². The van der Waals surface area contributed by atoms with Gasteiger partial charge in [0.1, 0.15) is 11.5 Å². The maximum atomic E-state index is 11.4. The molecule has 47 heavy (non-hydrogen) atoms. The van der Waals surface area contributed by atoms with Gasteiger partial charge in [0, 0.05) is 10.8 Å². The van der Waals surface area contributed by atoms with E-state index < -0.39 is 12.3 Å². The predicted octanol–water partition coefficient (Wildman–Crippen LogP) is 10.5. The summed E-state index contributed by atoms with van der Waals surface area (Å²) in [5.74, 6) is 1.04. The summed E-state index contributed by atoms with van der Waals surface area (Å²) >= 11 is 0. The van der Waals surface area contributed by atoms with E-state index in [0.717, 1.165) is 24.0 Å². The monoisotopic (exact) mass is 636 g/mol. The molecule has 4 aromatic carbocycles. The van der Waals surface area contributed by atoms with Gasteiger partial charge >= 0.3 is 12.3 Å². The fraction of sp³-hybridized carbons (Fsp3) is 0.366. The van der Waals surface area contributed by atoms with Gasteiger partial charge in [-0.3, -0.25) is 0 Å². The normalized spacial score (nSPS) is 13.9. The number of methoxy groups -OCH3 is 2. The second-order valence-electron chi connectivity index (χ2n) is 13.0. The number of aryl methyl sites for hydroxylation is 4. The minimum atomic E-state index is -0.708. The Labute approximate surface area is 280 Å². The van der Waals surface area contributed by atoms with Gasteiger partial charge in [-0.15, -0.1) is 0 Å². The van der Waals surface area contributed by atoms with Crippen LogP contribution >= 0.6 is 0 Å². The van der Waals surface area contributed by atoms with Gasteiger partial charge in [-0.2, -0.15) is 0 Å². The third-order valence-electron chi connectivity index (χ3n) is 9.57. The van der Waals surface area contributed by atoms with Crippen LogP contribution in [-0.2, 0) is 20.3 Å². The number of carbonyl (C=O) groups is 2. The van der Waals surface area contributed by atoms with E-state index in [-0.39, 0.29) is 10.8 Å². The van der Waals surface area contributed by atoms with E-state index in [9.17, 15) is 9.59 Å². The molecule has 0 amide bonds.